The number of nitrogens with two attached hydrogens (primary N) is 1. The molecule has 2 rings (SSSR count). The number of nitrogens with zero attached hydrogens (tertiary/aromatic N) is 2. The lowest BCUT2D eigenvalue weighted by Crippen LogP contribution is -2.39. The molecule has 0 spiro atoms. The van der Waals surface area contributed by atoms with Crippen molar-refractivity contribution in [2.45, 2.75) is 39.3 Å². The van der Waals surface area contributed by atoms with Crippen LogP contribution < -0.4 is 16.0 Å². The van der Waals surface area contributed by atoms with Gasteiger partial charge < -0.3 is 16.0 Å². The first-order chi connectivity index (χ1) is 9.08. The van der Waals surface area contributed by atoms with Crippen LogP contribution in [0, 0.1) is 0 Å². The highest BCUT2D eigenvalue weighted by Gasteiger charge is 2.22. The van der Waals surface area contributed by atoms with Gasteiger partial charge in [0.15, 0.2) is 5.96 Å². The maximum atomic E-state index is 5.84. The standard InChI is InChI=1S/C15H24N4/c1-11(2)18-15(16)17-10-12(3)19-9-8-13-6-4-5-7-14(13)19/h4-7,11-12H,8-10H2,1-3H3,(H3,16,17,18). The third-order valence-electron chi connectivity index (χ3n) is 3.42. The van der Waals surface area contributed by atoms with Crippen LogP contribution in [0.5, 0.6) is 0 Å². The maximum absolute atomic E-state index is 5.84. The van der Waals surface area contributed by atoms with Gasteiger partial charge in [0.1, 0.15) is 0 Å². The van der Waals surface area contributed by atoms with Gasteiger partial charge in [-0.2, -0.15) is 0 Å². The Kier molecular flexibility index (Phi) is 4.30. The summed E-state index contributed by atoms with van der Waals surface area (Å²) in [6.45, 7) is 8.12. The highest BCUT2D eigenvalue weighted by molar-refractivity contribution is 5.78. The minimum atomic E-state index is 0.326. The lowest BCUT2D eigenvalue weighted by atomic mass is 10.2. The number of hydrogen-bond donors (Lipinski definition) is 2. The average molecular weight is 260 g/mol. The van der Waals surface area contributed by atoms with E-state index < -0.39 is 0 Å². The van der Waals surface area contributed by atoms with Crippen LogP contribution in [0.3, 0.4) is 0 Å². The van der Waals surface area contributed by atoms with Crippen LogP contribution >= 0.6 is 0 Å². The highest BCUT2D eigenvalue weighted by Crippen LogP contribution is 2.29. The molecule has 0 aliphatic carbocycles. The van der Waals surface area contributed by atoms with Gasteiger partial charge in [-0.25, -0.2) is 0 Å². The van der Waals surface area contributed by atoms with Gasteiger partial charge in [-0.1, -0.05) is 18.2 Å². The Hall–Kier alpha value is -1.71. The van der Waals surface area contributed by atoms with Crippen molar-refractivity contribution in [3.8, 4) is 0 Å². The predicted octanol–water partition coefficient (Wildman–Crippen LogP) is 1.75. The summed E-state index contributed by atoms with van der Waals surface area (Å²) in [5, 5.41) is 3.12. The van der Waals surface area contributed by atoms with E-state index in [2.05, 4.69) is 60.2 Å². The number of nitrogens with one attached hydrogen (secondary N) is 1. The lowest BCUT2D eigenvalue weighted by Gasteiger charge is -2.26. The predicted molar refractivity (Wildman–Crippen MR) is 81.7 cm³/mol. The number of benzene rings is 1. The summed E-state index contributed by atoms with van der Waals surface area (Å²) in [6.07, 6.45) is 1.13. The number of para-hydroxylation sites is 1. The topological polar surface area (TPSA) is 53.6 Å². The molecule has 0 aromatic heterocycles. The Morgan fingerprint density at radius 3 is 2.84 bits per heavy atom. The number of hydrogen-bond acceptors (Lipinski definition) is 2. The van der Waals surface area contributed by atoms with Gasteiger partial charge in [0.2, 0.25) is 0 Å². The van der Waals surface area contributed by atoms with E-state index in [0.29, 0.717) is 18.0 Å². The Balaban J connectivity index is 1.97. The quantitative estimate of drug-likeness (QED) is 0.640. The zero-order valence-corrected chi connectivity index (χ0v) is 12.1. The molecule has 1 aromatic rings. The van der Waals surface area contributed by atoms with E-state index in [9.17, 15) is 0 Å². The van der Waals surface area contributed by atoms with Gasteiger partial charge in [0.05, 0.1) is 6.54 Å². The number of guanidine groups is 1. The molecule has 104 valence electrons. The van der Waals surface area contributed by atoms with Gasteiger partial charge in [-0.05, 0) is 38.8 Å². The molecule has 1 heterocycles. The first-order valence-corrected chi connectivity index (χ1v) is 6.99. The van der Waals surface area contributed by atoms with Crippen molar-refractivity contribution in [1.29, 1.82) is 0 Å². The zero-order chi connectivity index (χ0) is 13.8. The molecule has 4 heteroatoms. The van der Waals surface area contributed by atoms with Crippen LogP contribution in [-0.4, -0.2) is 31.1 Å². The van der Waals surface area contributed by atoms with E-state index in [1.807, 2.05) is 0 Å². The number of fused-ring (bicyclic) bond motifs is 1. The van der Waals surface area contributed by atoms with Gasteiger partial charge in [-0.3, -0.25) is 4.99 Å². The zero-order valence-electron chi connectivity index (χ0n) is 12.1. The molecule has 4 nitrogen and oxygen atoms in total. The molecule has 0 amide bonds. The highest BCUT2D eigenvalue weighted by atomic mass is 15.2. The van der Waals surface area contributed by atoms with Gasteiger partial charge in [0, 0.05) is 24.3 Å². The third kappa shape index (κ3) is 3.40. The summed E-state index contributed by atoms with van der Waals surface area (Å²) in [5.41, 5.74) is 8.62. The van der Waals surface area contributed by atoms with E-state index in [-0.39, 0.29) is 0 Å². The van der Waals surface area contributed by atoms with Crippen molar-refractivity contribution in [2.75, 3.05) is 18.0 Å². The fourth-order valence-corrected chi connectivity index (χ4v) is 2.49. The normalized spacial score (nSPS) is 16.6. The van der Waals surface area contributed by atoms with Crippen LogP contribution in [0.1, 0.15) is 26.3 Å². The number of anilines is 1. The van der Waals surface area contributed by atoms with Crippen LogP contribution in [0.4, 0.5) is 5.69 Å². The SMILES string of the molecule is CC(C)NC(N)=NCC(C)N1CCc2ccccc21. The fraction of sp³-hybridized carbons (Fsp3) is 0.533. The molecule has 0 fully saturated rings. The monoisotopic (exact) mass is 260 g/mol. The van der Waals surface area contributed by atoms with Crippen molar-refractivity contribution < 1.29 is 0 Å². The van der Waals surface area contributed by atoms with Crippen molar-refractivity contribution >= 4 is 11.6 Å². The number of rotatable bonds is 4. The van der Waals surface area contributed by atoms with Crippen molar-refractivity contribution in [1.82, 2.24) is 5.32 Å². The van der Waals surface area contributed by atoms with E-state index in [1.165, 1.54) is 11.3 Å². The second kappa shape index (κ2) is 5.95. The van der Waals surface area contributed by atoms with Crippen molar-refractivity contribution in [3.63, 3.8) is 0 Å². The largest absolute Gasteiger partial charge is 0.370 e. The minimum absolute atomic E-state index is 0.326. The molecule has 0 saturated carbocycles. The molecule has 3 N–H and O–H groups in total. The molecule has 1 aliphatic heterocycles. The molecule has 0 saturated heterocycles. The molecule has 0 bridgehead atoms. The fourth-order valence-electron chi connectivity index (χ4n) is 2.49. The smallest absolute Gasteiger partial charge is 0.188 e. The summed E-state index contributed by atoms with van der Waals surface area (Å²) >= 11 is 0. The summed E-state index contributed by atoms with van der Waals surface area (Å²) in [5.74, 6) is 0.536. The molecular formula is C15H24N4. The van der Waals surface area contributed by atoms with E-state index in [4.69, 9.17) is 5.73 Å². The van der Waals surface area contributed by atoms with Crippen LogP contribution in [0.25, 0.3) is 0 Å². The Bertz CT molecular complexity index is 453. The summed E-state index contributed by atoms with van der Waals surface area (Å²) in [4.78, 5) is 6.84. The van der Waals surface area contributed by atoms with Crippen LogP contribution in [0.15, 0.2) is 29.3 Å². The molecule has 1 atom stereocenters. The lowest BCUT2D eigenvalue weighted by molar-refractivity contribution is 0.656. The molecule has 1 aromatic carbocycles. The van der Waals surface area contributed by atoms with Gasteiger partial charge in [-0.15, -0.1) is 0 Å². The van der Waals surface area contributed by atoms with Gasteiger partial charge >= 0.3 is 0 Å². The second-order valence-electron chi connectivity index (χ2n) is 5.45. The van der Waals surface area contributed by atoms with Gasteiger partial charge in [0.25, 0.3) is 0 Å². The van der Waals surface area contributed by atoms with Crippen LogP contribution in [0.2, 0.25) is 0 Å². The Morgan fingerprint density at radius 2 is 2.11 bits per heavy atom. The van der Waals surface area contributed by atoms with E-state index in [1.54, 1.807) is 0 Å². The average Bonchev–Trinajstić information content (AvgIpc) is 2.79. The van der Waals surface area contributed by atoms with Crippen molar-refractivity contribution in [2.24, 2.45) is 10.7 Å². The summed E-state index contributed by atoms with van der Waals surface area (Å²) in [6, 6.07) is 9.30. The Labute approximate surface area is 115 Å². The van der Waals surface area contributed by atoms with E-state index in [0.717, 1.165) is 19.5 Å². The first kappa shape index (κ1) is 13.7. The number of aliphatic imine (C=N–C) groups is 1. The summed E-state index contributed by atoms with van der Waals surface area (Å²) in [7, 11) is 0. The summed E-state index contributed by atoms with van der Waals surface area (Å²) < 4.78 is 0. The second-order valence-corrected chi connectivity index (χ2v) is 5.45. The maximum Gasteiger partial charge on any atom is 0.188 e. The molecule has 19 heavy (non-hydrogen) atoms. The molecular weight excluding hydrogens is 236 g/mol. The molecule has 1 aliphatic rings. The Morgan fingerprint density at radius 1 is 1.37 bits per heavy atom. The molecule has 1 unspecified atom stereocenters. The first-order valence-electron chi connectivity index (χ1n) is 6.99. The van der Waals surface area contributed by atoms with Crippen LogP contribution in [-0.2, 0) is 6.42 Å². The van der Waals surface area contributed by atoms with E-state index >= 15 is 0 Å². The van der Waals surface area contributed by atoms with Crippen molar-refractivity contribution in [3.05, 3.63) is 29.8 Å². The minimum Gasteiger partial charge on any atom is -0.370 e. The molecule has 0 radical (unpaired) electrons. The third-order valence-corrected chi connectivity index (χ3v) is 3.42.